The normalized spacial score (nSPS) is 18.9. The largest absolute Gasteiger partial charge is 0.441 e. The van der Waals surface area contributed by atoms with E-state index in [0.717, 1.165) is 31.8 Å². The van der Waals surface area contributed by atoms with E-state index in [0.29, 0.717) is 5.92 Å². The fraction of sp³-hybridized carbons (Fsp3) is 0.905. The molecule has 0 N–H and O–H groups in total. The number of ether oxygens (including phenoxy) is 1. The van der Waals surface area contributed by atoms with Crippen molar-refractivity contribution >= 4 is 11.9 Å². The highest BCUT2D eigenvalue weighted by Crippen LogP contribution is 2.24. The SMILES string of the molecule is CC.CC.CCC1CCN(CC2CCN(C(=O)OCC(C)=O)CC2)CC1. The van der Waals surface area contributed by atoms with Crippen LogP contribution in [0.3, 0.4) is 0 Å². The van der Waals surface area contributed by atoms with Crippen LogP contribution in [-0.4, -0.2) is 61.0 Å². The minimum Gasteiger partial charge on any atom is -0.441 e. The maximum atomic E-state index is 11.8. The van der Waals surface area contributed by atoms with Gasteiger partial charge in [-0.05, 0) is 57.5 Å². The summed E-state index contributed by atoms with van der Waals surface area (Å²) in [4.78, 5) is 27.0. The van der Waals surface area contributed by atoms with Crippen LogP contribution in [0.5, 0.6) is 0 Å². The van der Waals surface area contributed by atoms with E-state index in [9.17, 15) is 9.59 Å². The number of piperidine rings is 2. The van der Waals surface area contributed by atoms with Crippen molar-refractivity contribution in [2.24, 2.45) is 11.8 Å². The second-order valence-corrected chi connectivity index (χ2v) is 6.84. The van der Waals surface area contributed by atoms with Gasteiger partial charge in [-0.1, -0.05) is 41.0 Å². The van der Waals surface area contributed by atoms with Crippen LogP contribution in [0.1, 0.15) is 73.6 Å². The lowest BCUT2D eigenvalue weighted by Gasteiger charge is -2.37. The minimum atomic E-state index is -0.336. The fourth-order valence-corrected chi connectivity index (χ4v) is 3.50. The summed E-state index contributed by atoms with van der Waals surface area (Å²) in [7, 11) is 0. The Labute approximate surface area is 161 Å². The molecule has 0 aromatic rings. The summed E-state index contributed by atoms with van der Waals surface area (Å²) in [5.74, 6) is 1.50. The molecule has 5 nitrogen and oxygen atoms in total. The first kappa shape index (κ1) is 24.9. The Morgan fingerprint density at radius 1 is 0.885 bits per heavy atom. The Kier molecular flexibility index (Phi) is 14.4. The molecule has 2 rings (SSSR count). The molecule has 0 radical (unpaired) electrons. The predicted octanol–water partition coefficient (Wildman–Crippen LogP) is 4.60. The molecule has 2 saturated heterocycles. The number of Topliss-reactive ketones (excluding diaryl/α,β-unsaturated/α-hetero) is 1. The molecule has 154 valence electrons. The van der Waals surface area contributed by atoms with E-state index in [1.165, 1.54) is 45.8 Å². The summed E-state index contributed by atoms with van der Waals surface area (Å²) in [6.07, 6.45) is 5.75. The van der Waals surface area contributed by atoms with Crippen molar-refractivity contribution in [3.8, 4) is 0 Å². The molecule has 0 unspecified atom stereocenters. The van der Waals surface area contributed by atoms with Crippen molar-refractivity contribution < 1.29 is 14.3 Å². The maximum Gasteiger partial charge on any atom is 0.410 e. The Balaban J connectivity index is 0.00000146. The van der Waals surface area contributed by atoms with Crippen molar-refractivity contribution in [3.05, 3.63) is 0 Å². The molecule has 0 atom stereocenters. The van der Waals surface area contributed by atoms with Gasteiger partial charge in [-0.15, -0.1) is 0 Å². The van der Waals surface area contributed by atoms with Crippen molar-refractivity contribution in [2.75, 3.05) is 39.3 Å². The van der Waals surface area contributed by atoms with Crippen molar-refractivity contribution in [3.63, 3.8) is 0 Å². The van der Waals surface area contributed by atoms with E-state index in [1.54, 1.807) is 4.90 Å². The Morgan fingerprint density at radius 2 is 1.38 bits per heavy atom. The first-order valence-electron chi connectivity index (χ1n) is 10.7. The van der Waals surface area contributed by atoms with Gasteiger partial charge < -0.3 is 14.5 Å². The quantitative estimate of drug-likeness (QED) is 0.710. The van der Waals surface area contributed by atoms with E-state index in [2.05, 4.69) is 11.8 Å². The second-order valence-electron chi connectivity index (χ2n) is 6.84. The number of carbonyl (C=O) groups excluding carboxylic acids is 2. The van der Waals surface area contributed by atoms with E-state index in [4.69, 9.17) is 4.74 Å². The van der Waals surface area contributed by atoms with Gasteiger partial charge in [0.25, 0.3) is 0 Å². The zero-order valence-electron chi connectivity index (χ0n) is 18.1. The van der Waals surface area contributed by atoms with E-state index >= 15 is 0 Å². The molecule has 0 aromatic carbocycles. The molecule has 0 aliphatic carbocycles. The minimum absolute atomic E-state index is 0.106. The van der Waals surface area contributed by atoms with Crippen LogP contribution in [0.25, 0.3) is 0 Å². The predicted molar refractivity (Wildman–Crippen MR) is 108 cm³/mol. The third-order valence-electron chi connectivity index (χ3n) is 5.07. The molecular formula is C21H42N2O3. The molecule has 2 aliphatic rings. The van der Waals surface area contributed by atoms with Crippen molar-refractivity contribution in [2.45, 2.75) is 73.6 Å². The van der Waals surface area contributed by atoms with Crippen LogP contribution >= 0.6 is 0 Å². The van der Waals surface area contributed by atoms with Crippen LogP contribution in [-0.2, 0) is 9.53 Å². The molecular weight excluding hydrogens is 328 g/mol. The Morgan fingerprint density at radius 3 is 1.85 bits per heavy atom. The molecule has 0 bridgehead atoms. The first-order valence-corrected chi connectivity index (χ1v) is 10.7. The summed E-state index contributed by atoms with van der Waals surface area (Å²) in [6.45, 7) is 16.8. The molecule has 26 heavy (non-hydrogen) atoms. The Bertz CT molecular complexity index is 371. The number of amides is 1. The zero-order valence-corrected chi connectivity index (χ0v) is 18.1. The van der Waals surface area contributed by atoms with E-state index in [1.807, 2.05) is 27.7 Å². The number of nitrogens with zero attached hydrogens (tertiary/aromatic N) is 2. The van der Waals surface area contributed by atoms with Gasteiger partial charge in [0.05, 0.1) is 0 Å². The van der Waals surface area contributed by atoms with Gasteiger partial charge in [0.15, 0.2) is 12.4 Å². The van der Waals surface area contributed by atoms with Gasteiger partial charge in [-0.2, -0.15) is 0 Å². The van der Waals surface area contributed by atoms with Crippen LogP contribution in [0.15, 0.2) is 0 Å². The summed E-state index contributed by atoms with van der Waals surface area (Å²) in [5, 5.41) is 0. The molecule has 2 heterocycles. The summed E-state index contributed by atoms with van der Waals surface area (Å²) >= 11 is 0. The molecule has 2 aliphatic heterocycles. The summed E-state index contributed by atoms with van der Waals surface area (Å²) < 4.78 is 4.98. The third kappa shape index (κ3) is 9.56. The smallest absolute Gasteiger partial charge is 0.410 e. The van der Waals surface area contributed by atoms with Gasteiger partial charge in [0.1, 0.15) is 0 Å². The second kappa shape index (κ2) is 15.0. The Hall–Kier alpha value is -1.10. The summed E-state index contributed by atoms with van der Waals surface area (Å²) in [6, 6.07) is 0. The van der Waals surface area contributed by atoms with Gasteiger partial charge >= 0.3 is 6.09 Å². The van der Waals surface area contributed by atoms with Gasteiger partial charge in [-0.3, -0.25) is 4.79 Å². The highest BCUT2D eigenvalue weighted by atomic mass is 16.6. The number of rotatable bonds is 5. The van der Waals surface area contributed by atoms with E-state index in [-0.39, 0.29) is 18.5 Å². The zero-order chi connectivity index (χ0) is 19.9. The van der Waals surface area contributed by atoms with Gasteiger partial charge in [0, 0.05) is 19.6 Å². The van der Waals surface area contributed by atoms with Crippen molar-refractivity contribution in [1.29, 1.82) is 0 Å². The van der Waals surface area contributed by atoms with Gasteiger partial charge in [0.2, 0.25) is 0 Å². The highest BCUT2D eigenvalue weighted by molar-refractivity contribution is 5.79. The van der Waals surface area contributed by atoms with Gasteiger partial charge in [-0.25, -0.2) is 4.79 Å². The standard InChI is InChI=1S/C17H30N2O3.2C2H6/c1-3-15-4-8-18(9-5-15)12-16-6-10-19(11-7-16)17(21)22-13-14(2)20;2*1-2/h15-16H,3-13H2,1-2H3;2*1-2H3. The molecule has 5 heteroatoms. The number of hydrogen-bond acceptors (Lipinski definition) is 4. The number of hydrogen-bond donors (Lipinski definition) is 0. The highest BCUT2D eigenvalue weighted by Gasteiger charge is 2.26. The van der Waals surface area contributed by atoms with Crippen LogP contribution < -0.4 is 0 Å². The maximum absolute atomic E-state index is 11.8. The topological polar surface area (TPSA) is 49.9 Å². The summed E-state index contributed by atoms with van der Waals surface area (Å²) in [5.41, 5.74) is 0. The average Bonchev–Trinajstić information content (AvgIpc) is 2.70. The van der Waals surface area contributed by atoms with E-state index < -0.39 is 0 Å². The van der Waals surface area contributed by atoms with Crippen LogP contribution in [0.2, 0.25) is 0 Å². The third-order valence-corrected chi connectivity index (χ3v) is 5.07. The number of carbonyl (C=O) groups is 2. The molecule has 0 spiro atoms. The molecule has 1 amide bonds. The lowest BCUT2D eigenvalue weighted by molar-refractivity contribution is -0.120. The number of ketones is 1. The number of likely N-dealkylation sites (tertiary alicyclic amines) is 2. The van der Waals surface area contributed by atoms with Crippen molar-refractivity contribution in [1.82, 2.24) is 9.80 Å². The molecule has 2 fully saturated rings. The van der Waals surface area contributed by atoms with Crippen LogP contribution in [0.4, 0.5) is 4.79 Å². The monoisotopic (exact) mass is 370 g/mol. The van der Waals surface area contributed by atoms with Crippen LogP contribution in [0, 0.1) is 11.8 Å². The first-order chi connectivity index (χ1) is 12.6. The lowest BCUT2D eigenvalue weighted by atomic mass is 9.92. The average molecular weight is 371 g/mol. The fourth-order valence-electron chi connectivity index (χ4n) is 3.50. The molecule has 0 aromatic heterocycles. The lowest BCUT2D eigenvalue weighted by Crippen LogP contribution is -2.43. The molecule has 0 saturated carbocycles.